The molecular weight excluding hydrogens is 273 g/mol. The fraction of sp³-hybridized carbons (Fsp3) is 0.462. The van der Waals surface area contributed by atoms with Gasteiger partial charge in [-0.25, -0.2) is 0 Å². The van der Waals surface area contributed by atoms with E-state index in [1.165, 1.54) is 12.8 Å². The Hall–Kier alpha value is -0.930. The van der Waals surface area contributed by atoms with Gasteiger partial charge in [0.15, 0.2) is 6.61 Å². The van der Waals surface area contributed by atoms with Crippen molar-refractivity contribution in [2.24, 2.45) is 5.92 Å². The number of carbonyl (C=O) groups excluding carboxylic acids is 1. The zero-order valence-corrected chi connectivity index (χ0v) is 11.6. The van der Waals surface area contributed by atoms with Crippen LogP contribution < -0.4 is 10.1 Å². The van der Waals surface area contributed by atoms with Crippen LogP contribution in [0, 0.1) is 5.92 Å². The lowest BCUT2D eigenvalue weighted by molar-refractivity contribution is -0.123. The summed E-state index contributed by atoms with van der Waals surface area (Å²) in [4.78, 5) is 11.6. The SMILES string of the molecule is C[C@H](NC(=O)COc1cc(Cl)cc(Cl)c1)C1CC1. The van der Waals surface area contributed by atoms with Crippen LogP contribution in [0.3, 0.4) is 0 Å². The summed E-state index contributed by atoms with van der Waals surface area (Å²) >= 11 is 11.7. The minimum absolute atomic E-state index is 0.0201. The molecule has 18 heavy (non-hydrogen) atoms. The van der Waals surface area contributed by atoms with E-state index in [1.807, 2.05) is 6.92 Å². The molecule has 1 aliphatic carbocycles. The van der Waals surface area contributed by atoms with Crippen molar-refractivity contribution in [3.05, 3.63) is 28.2 Å². The van der Waals surface area contributed by atoms with Gasteiger partial charge in [-0.2, -0.15) is 0 Å². The average molecular weight is 288 g/mol. The summed E-state index contributed by atoms with van der Waals surface area (Å²) < 4.78 is 5.35. The minimum atomic E-state index is -0.120. The molecule has 1 saturated carbocycles. The zero-order chi connectivity index (χ0) is 13.1. The Labute approximate surface area is 116 Å². The number of halogens is 2. The van der Waals surface area contributed by atoms with Crippen LogP contribution in [0.1, 0.15) is 19.8 Å². The van der Waals surface area contributed by atoms with Crippen LogP contribution in [0.5, 0.6) is 5.75 Å². The van der Waals surface area contributed by atoms with E-state index >= 15 is 0 Å². The second-order valence-corrected chi connectivity index (χ2v) is 5.46. The minimum Gasteiger partial charge on any atom is -0.484 e. The lowest BCUT2D eigenvalue weighted by Crippen LogP contribution is -2.37. The maximum atomic E-state index is 11.6. The third-order valence-electron chi connectivity index (χ3n) is 2.92. The summed E-state index contributed by atoms with van der Waals surface area (Å²) in [5.74, 6) is 1.02. The fourth-order valence-corrected chi connectivity index (χ4v) is 2.28. The first-order chi connectivity index (χ1) is 8.54. The summed E-state index contributed by atoms with van der Waals surface area (Å²) in [5, 5.41) is 3.89. The van der Waals surface area contributed by atoms with E-state index in [1.54, 1.807) is 18.2 Å². The first-order valence-corrected chi connectivity index (χ1v) is 6.68. The molecule has 98 valence electrons. The maximum Gasteiger partial charge on any atom is 0.258 e. The van der Waals surface area contributed by atoms with E-state index < -0.39 is 0 Å². The predicted octanol–water partition coefficient (Wildman–Crippen LogP) is 3.29. The largest absolute Gasteiger partial charge is 0.484 e. The lowest BCUT2D eigenvalue weighted by atomic mass is 10.2. The number of hydrogen-bond donors (Lipinski definition) is 1. The normalized spacial score (nSPS) is 16.2. The van der Waals surface area contributed by atoms with E-state index in [-0.39, 0.29) is 18.6 Å². The molecule has 5 heteroatoms. The second-order valence-electron chi connectivity index (χ2n) is 4.59. The van der Waals surface area contributed by atoms with Crippen LogP contribution in [0.15, 0.2) is 18.2 Å². The monoisotopic (exact) mass is 287 g/mol. The van der Waals surface area contributed by atoms with Crippen molar-refractivity contribution >= 4 is 29.1 Å². The quantitative estimate of drug-likeness (QED) is 0.903. The van der Waals surface area contributed by atoms with Gasteiger partial charge in [0.1, 0.15) is 5.75 Å². The van der Waals surface area contributed by atoms with Crippen LogP contribution in [0.4, 0.5) is 0 Å². The van der Waals surface area contributed by atoms with Crippen molar-refractivity contribution in [1.82, 2.24) is 5.32 Å². The van der Waals surface area contributed by atoms with Gasteiger partial charge in [0.2, 0.25) is 0 Å². The molecule has 0 radical (unpaired) electrons. The molecule has 0 aliphatic heterocycles. The average Bonchev–Trinajstić information content (AvgIpc) is 3.08. The molecule has 1 fully saturated rings. The topological polar surface area (TPSA) is 38.3 Å². The smallest absolute Gasteiger partial charge is 0.258 e. The standard InChI is InChI=1S/C13H15Cl2NO2/c1-8(9-2-3-9)16-13(17)7-18-12-5-10(14)4-11(15)6-12/h4-6,8-9H,2-3,7H2,1H3,(H,16,17)/t8-/m0/s1. The Morgan fingerprint density at radius 3 is 2.56 bits per heavy atom. The van der Waals surface area contributed by atoms with Gasteiger partial charge >= 0.3 is 0 Å². The molecule has 3 nitrogen and oxygen atoms in total. The van der Waals surface area contributed by atoms with Crippen LogP contribution in [-0.2, 0) is 4.79 Å². The van der Waals surface area contributed by atoms with Gasteiger partial charge in [0, 0.05) is 16.1 Å². The highest BCUT2D eigenvalue weighted by atomic mass is 35.5. The van der Waals surface area contributed by atoms with E-state index in [9.17, 15) is 4.79 Å². The molecule has 1 N–H and O–H groups in total. The number of carbonyl (C=O) groups is 1. The first kappa shape index (κ1) is 13.5. The van der Waals surface area contributed by atoms with Crippen molar-refractivity contribution in [2.45, 2.75) is 25.8 Å². The number of nitrogens with one attached hydrogen (secondary N) is 1. The third-order valence-corrected chi connectivity index (χ3v) is 3.36. The molecule has 0 bridgehead atoms. The Balaban J connectivity index is 1.81. The Morgan fingerprint density at radius 2 is 2.00 bits per heavy atom. The molecule has 0 saturated heterocycles. The molecule has 1 atom stereocenters. The van der Waals surface area contributed by atoms with Gasteiger partial charge in [0.05, 0.1) is 0 Å². The molecule has 1 aromatic carbocycles. The molecular formula is C13H15Cl2NO2. The summed E-state index contributed by atoms with van der Waals surface area (Å²) in [5.41, 5.74) is 0. The van der Waals surface area contributed by atoms with Gasteiger partial charge in [-0.15, -0.1) is 0 Å². The molecule has 1 aliphatic rings. The lowest BCUT2D eigenvalue weighted by Gasteiger charge is -2.13. The van der Waals surface area contributed by atoms with Crippen molar-refractivity contribution in [1.29, 1.82) is 0 Å². The molecule has 0 heterocycles. The number of ether oxygens (including phenoxy) is 1. The number of amides is 1. The second kappa shape index (κ2) is 5.81. The highest BCUT2D eigenvalue weighted by molar-refractivity contribution is 6.34. The zero-order valence-electron chi connectivity index (χ0n) is 10.1. The number of hydrogen-bond acceptors (Lipinski definition) is 2. The summed E-state index contributed by atoms with van der Waals surface area (Å²) in [6.45, 7) is 2.00. The molecule has 0 spiro atoms. The Bertz CT molecular complexity index is 426. The van der Waals surface area contributed by atoms with Crippen LogP contribution in [0.25, 0.3) is 0 Å². The highest BCUT2D eigenvalue weighted by Crippen LogP contribution is 2.32. The maximum absolute atomic E-state index is 11.6. The van der Waals surface area contributed by atoms with E-state index in [4.69, 9.17) is 27.9 Å². The van der Waals surface area contributed by atoms with Crippen molar-refractivity contribution in [3.8, 4) is 5.75 Å². The third kappa shape index (κ3) is 4.07. The number of rotatable bonds is 5. The first-order valence-electron chi connectivity index (χ1n) is 5.93. The molecule has 1 aromatic rings. The van der Waals surface area contributed by atoms with Crippen LogP contribution >= 0.6 is 23.2 Å². The summed E-state index contributed by atoms with van der Waals surface area (Å²) in [6.07, 6.45) is 2.40. The van der Waals surface area contributed by atoms with Gasteiger partial charge < -0.3 is 10.1 Å². The van der Waals surface area contributed by atoms with Gasteiger partial charge in [-0.3, -0.25) is 4.79 Å². The van der Waals surface area contributed by atoms with E-state index in [0.29, 0.717) is 21.7 Å². The van der Waals surface area contributed by atoms with Crippen molar-refractivity contribution in [3.63, 3.8) is 0 Å². The fourth-order valence-electron chi connectivity index (χ4n) is 1.77. The van der Waals surface area contributed by atoms with Gasteiger partial charge in [-0.1, -0.05) is 23.2 Å². The van der Waals surface area contributed by atoms with Gasteiger partial charge in [0.25, 0.3) is 5.91 Å². The predicted molar refractivity (Wildman–Crippen MR) is 72.3 cm³/mol. The summed E-state index contributed by atoms with van der Waals surface area (Å²) in [7, 11) is 0. The molecule has 1 amide bonds. The Kier molecular flexibility index (Phi) is 4.36. The van der Waals surface area contributed by atoms with Crippen molar-refractivity contribution < 1.29 is 9.53 Å². The van der Waals surface area contributed by atoms with Gasteiger partial charge in [-0.05, 0) is 43.9 Å². The molecule has 0 unspecified atom stereocenters. The van der Waals surface area contributed by atoms with Crippen LogP contribution in [-0.4, -0.2) is 18.6 Å². The van der Waals surface area contributed by atoms with E-state index in [0.717, 1.165) is 0 Å². The number of benzene rings is 1. The van der Waals surface area contributed by atoms with Crippen LogP contribution in [0.2, 0.25) is 10.0 Å². The highest BCUT2D eigenvalue weighted by Gasteiger charge is 2.28. The summed E-state index contributed by atoms with van der Waals surface area (Å²) in [6, 6.07) is 5.10. The molecule has 2 rings (SSSR count). The van der Waals surface area contributed by atoms with Crippen molar-refractivity contribution in [2.75, 3.05) is 6.61 Å². The molecule has 0 aromatic heterocycles. The Morgan fingerprint density at radius 1 is 1.39 bits per heavy atom. The van der Waals surface area contributed by atoms with E-state index in [2.05, 4.69) is 5.32 Å².